The van der Waals surface area contributed by atoms with Crippen molar-refractivity contribution in [3.8, 4) is 0 Å². The van der Waals surface area contributed by atoms with E-state index in [-0.39, 0.29) is 23.9 Å². The van der Waals surface area contributed by atoms with E-state index in [9.17, 15) is 9.59 Å². The molecule has 2 saturated heterocycles. The summed E-state index contributed by atoms with van der Waals surface area (Å²) in [5, 5.41) is 3.02. The molecule has 0 aromatic rings. The molecule has 0 radical (unpaired) electrons. The van der Waals surface area contributed by atoms with E-state index in [4.69, 9.17) is 4.74 Å². The third kappa shape index (κ3) is 1.95. The van der Waals surface area contributed by atoms with E-state index in [0.29, 0.717) is 19.6 Å². The molecule has 0 bridgehead atoms. The van der Waals surface area contributed by atoms with Crippen molar-refractivity contribution in [2.45, 2.75) is 63.1 Å². The molecule has 1 aliphatic carbocycles. The van der Waals surface area contributed by atoms with Crippen LogP contribution in [0, 0.1) is 0 Å². The molecule has 1 N–H and O–H groups in total. The van der Waals surface area contributed by atoms with Crippen LogP contribution < -0.4 is 5.32 Å². The fraction of sp³-hybridized carbons (Fsp3) is 0.857. The summed E-state index contributed by atoms with van der Waals surface area (Å²) < 4.78 is 5.41. The lowest BCUT2D eigenvalue weighted by Crippen LogP contribution is -2.71. The van der Waals surface area contributed by atoms with Gasteiger partial charge in [0, 0.05) is 6.61 Å². The van der Waals surface area contributed by atoms with Crippen LogP contribution in [0.2, 0.25) is 0 Å². The largest absolute Gasteiger partial charge is 0.379 e. The predicted octanol–water partition coefficient (Wildman–Crippen LogP) is 0.825. The average molecular weight is 266 g/mol. The number of piperazine rings is 1. The van der Waals surface area contributed by atoms with Crippen molar-refractivity contribution in [1.82, 2.24) is 10.2 Å². The van der Waals surface area contributed by atoms with E-state index in [1.54, 1.807) is 0 Å². The summed E-state index contributed by atoms with van der Waals surface area (Å²) in [5.41, 5.74) is -0.606. The summed E-state index contributed by atoms with van der Waals surface area (Å²) in [6.07, 6.45) is 5.15. The first-order chi connectivity index (χ1) is 9.18. The lowest BCUT2D eigenvalue weighted by molar-refractivity contribution is -0.158. The Morgan fingerprint density at radius 3 is 2.68 bits per heavy atom. The Bertz CT molecular complexity index is 384. The summed E-state index contributed by atoms with van der Waals surface area (Å²) in [4.78, 5) is 27.1. The Labute approximate surface area is 113 Å². The molecule has 19 heavy (non-hydrogen) atoms. The molecular weight excluding hydrogens is 244 g/mol. The number of nitrogens with one attached hydrogen (secondary N) is 1. The summed E-state index contributed by atoms with van der Waals surface area (Å²) in [6, 6.07) is -0.230. The molecule has 5 nitrogen and oxygen atoms in total. The molecule has 3 rings (SSSR count). The van der Waals surface area contributed by atoms with Gasteiger partial charge in [-0.3, -0.25) is 9.59 Å². The van der Waals surface area contributed by atoms with E-state index in [1.165, 1.54) is 0 Å². The zero-order valence-corrected chi connectivity index (χ0v) is 11.5. The molecule has 2 aliphatic heterocycles. The van der Waals surface area contributed by atoms with Crippen molar-refractivity contribution in [3.63, 3.8) is 0 Å². The average Bonchev–Trinajstić information content (AvgIpc) is 3.05. The first kappa shape index (κ1) is 12.9. The van der Waals surface area contributed by atoms with Gasteiger partial charge in [-0.25, -0.2) is 0 Å². The van der Waals surface area contributed by atoms with Gasteiger partial charge in [0.2, 0.25) is 11.8 Å². The van der Waals surface area contributed by atoms with Gasteiger partial charge in [-0.2, -0.15) is 0 Å². The molecular formula is C14H22N2O3. The van der Waals surface area contributed by atoms with E-state index >= 15 is 0 Å². The quantitative estimate of drug-likeness (QED) is 0.805. The minimum Gasteiger partial charge on any atom is -0.379 e. The Balaban J connectivity index is 1.91. The lowest BCUT2D eigenvalue weighted by Gasteiger charge is -2.46. The summed E-state index contributed by atoms with van der Waals surface area (Å²) in [5.74, 6) is 0.155. The van der Waals surface area contributed by atoms with Crippen LogP contribution in [0.15, 0.2) is 0 Å². The number of nitrogens with zero attached hydrogens (tertiary/aromatic N) is 1. The molecule has 1 spiro atoms. The SMILES string of the molecule is CCC1C(=O)NC2(CCCC2)C(=O)N1C1CCOC1. The van der Waals surface area contributed by atoms with Gasteiger partial charge in [0.15, 0.2) is 0 Å². The Kier molecular flexibility index (Phi) is 3.25. The van der Waals surface area contributed by atoms with Crippen LogP contribution in [0.4, 0.5) is 0 Å². The Hall–Kier alpha value is -1.10. The predicted molar refractivity (Wildman–Crippen MR) is 69.5 cm³/mol. The molecule has 2 atom stereocenters. The van der Waals surface area contributed by atoms with Gasteiger partial charge in [0.1, 0.15) is 11.6 Å². The first-order valence-corrected chi connectivity index (χ1v) is 7.40. The van der Waals surface area contributed by atoms with Gasteiger partial charge in [0.25, 0.3) is 0 Å². The summed E-state index contributed by atoms with van der Waals surface area (Å²) in [7, 11) is 0. The fourth-order valence-corrected chi connectivity index (χ4v) is 3.75. The van der Waals surface area contributed by atoms with Crippen LogP contribution in [-0.2, 0) is 14.3 Å². The van der Waals surface area contributed by atoms with Gasteiger partial charge in [-0.05, 0) is 25.7 Å². The molecule has 0 aromatic heterocycles. The van der Waals surface area contributed by atoms with Gasteiger partial charge in [-0.15, -0.1) is 0 Å². The third-order valence-electron chi connectivity index (χ3n) is 4.79. The number of amides is 2. The number of carbonyl (C=O) groups is 2. The molecule has 2 unspecified atom stereocenters. The van der Waals surface area contributed by atoms with E-state index < -0.39 is 5.54 Å². The molecule has 0 aromatic carbocycles. The summed E-state index contributed by atoms with van der Waals surface area (Å²) >= 11 is 0. The molecule has 106 valence electrons. The van der Waals surface area contributed by atoms with Crippen LogP contribution in [-0.4, -0.2) is 47.6 Å². The lowest BCUT2D eigenvalue weighted by atomic mass is 9.88. The monoisotopic (exact) mass is 266 g/mol. The highest BCUT2D eigenvalue weighted by Crippen LogP contribution is 2.36. The van der Waals surface area contributed by atoms with Crippen LogP contribution in [0.1, 0.15) is 45.4 Å². The molecule has 1 saturated carbocycles. The third-order valence-corrected chi connectivity index (χ3v) is 4.79. The van der Waals surface area contributed by atoms with E-state index in [1.807, 2.05) is 11.8 Å². The second-order valence-electron chi connectivity index (χ2n) is 5.93. The minimum absolute atomic E-state index is 0.0240. The second kappa shape index (κ2) is 4.78. The van der Waals surface area contributed by atoms with Crippen molar-refractivity contribution >= 4 is 11.8 Å². The minimum atomic E-state index is -0.606. The Morgan fingerprint density at radius 1 is 1.37 bits per heavy atom. The number of ether oxygens (including phenoxy) is 1. The molecule has 2 heterocycles. The first-order valence-electron chi connectivity index (χ1n) is 7.40. The number of hydrogen-bond donors (Lipinski definition) is 1. The smallest absolute Gasteiger partial charge is 0.249 e. The van der Waals surface area contributed by atoms with Crippen LogP contribution in [0.25, 0.3) is 0 Å². The van der Waals surface area contributed by atoms with Gasteiger partial charge in [-0.1, -0.05) is 19.8 Å². The molecule has 2 amide bonds. The highest BCUT2D eigenvalue weighted by Gasteiger charge is 2.53. The topological polar surface area (TPSA) is 58.6 Å². The molecule has 3 aliphatic rings. The van der Waals surface area contributed by atoms with Crippen LogP contribution in [0.5, 0.6) is 0 Å². The van der Waals surface area contributed by atoms with Crippen molar-refractivity contribution in [2.24, 2.45) is 0 Å². The maximum Gasteiger partial charge on any atom is 0.249 e. The van der Waals surface area contributed by atoms with Gasteiger partial charge < -0.3 is 15.0 Å². The molecule has 3 fully saturated rings. The van der Waals surface area contributed by atoms with Gasteiger partial charge >= 0.3 is 0 Å². The van der Waals surface area contributed by atoms with Crippen molar-refractivity contribution < 1.29 is 14.3 Å². The highest BCUT2D eigenvalue weighted by molar-refractivity contribution is 6.00. The van der Waals surface area contributed by atoms with E-state index in [0.717, 1.165) is 32.1 Å². The molecule has 5 heteroatoms. The fourth-order valence-electron chi connectivity index (χ4n) is 3.75. The standard InChI is InChI=1S/C14H22N2O3/c1-2-11-12(17)15-14(6-3-4-7-14)13(18)16(11)10-5-8-19-9-10/h10-11H,2-9H2,1H3,(H,15,17). The van der Waals surface area contributed by atoms with Crippen LogP contribution >= 0.6 is 0 Å². The maximum absolute atomic E-state index is 12.9. The van der Waals surface area contributed by atoms with Gasteiger partial charge in [0.05, 0.1) is 12.6 Å². The highest BCUT2D eigenvalue weighted by atomic mass is 16.5. The number of rotatable bonds is 2. The number of carbonyl (C=O) groups excluding carboxylic acids is 2. The number of hydrogen-bond acceptors (Lipinski definition) is 3. The van der Waals surface area contributed by atoms with Crippen molar-refractivity contribution in [2.75, 3.05) is 13.2 Å². The van der Waals surface area contributed by atoms with Crippen molar-refractivity contribution in [1.29, 1.82) is 0 Å². The Morgan fingerprint density at radius 2 is 2.11 bits per heavy atom. The zero-order chi connectivity index (χ0) is 13.5. The summed E-state index contributed by atoms with van der Waals surface area (Å²) in [6.45, 7) is 3.23. The van der Waals surface area contributed by atoms with Crippen LogP contribution in [0.3, 0.4) is 0 Å². The van der Waals surface area contributed by atoms with E-state index in [2.05, 4.69) is 5.32 Å². The maximum atomic E-state index is 12.9. The zero-order valence-electron chi connectivity index (χ0n) is 11.5. The van der Waals surface area contributed by atoms with Crippen molar-refractivity contribution in [3.05, 3.63) is 0 Å². The normalized spacial score (nSPS) is 34.1. The second-order valence-corrected chi connectivity index (χ2v) is 5.93.